The lowest BCUT2D eigenvalue weighted by atomic mass is 9.86. The van der Waals surface area contributed by atoms with Crippen molar-refractivity contribution in [2.45, 2.75) is 44.4 Å². The molecule has 4 aromatic carbocycles. The predicted octanol–water partition coefficient (Wildman–Crippen LogP) is 6.50. The molecule has 2 heterocycles. The Hall–Kier alpha value is -5.68. The Kier molecular flexibility index (Phi) is 9.91. The molecule has 0 bridgehead atoms. The van der Waals surface area contributed by atoms with Gasteiger partial charge in [-0.15, -0.1) is 0 Å². The lowest BCUT2D eigenvalue weighted by Gasteiger charge is -2.38. The third-order valence-electron chi connectivity index (χ3n) is 8.88. The first kappa shape index (κ1) is 33.2. The summed E-state index contributed by atoms with van der Waals surface area (Å²) < 4.78 is 22.6. The molecule has 6 rings (SSSR count). The van der Waals surface area contributed by atoms with Gasteiger partial charge in [0.1, 0.15) is 17.5 Å². The van der Waals surface area contributed by atoms with Gasteiger partial charge in [-0.3, -0.25) is 14.4 Å². The molecule has 1 aliphatic heterocycles. The van der Waals surface area contributed by atoms with Crippen LogP contribution in [0.5, 0.6) is 11.5 Å². The summed E-state index contributed by atoms with van der Waals surface area (Å²) >= 11 is 0. The normalized spacial score (nSPS) is 14.9. The lowest BCUT2D eigenvalue weighted by Crippen LogP contribution is -2.50. The first-order valence-corrected chi connectivity index (χ1v) is 15.9. The second kappa shape index (κ2) is 14.6. The van der Waals surface area contributed by atoms with Gasteiger partial charge < -0.3 is 33.7 Å². The second-order valence-electron chi connectivity index (χ2n) is 12.0. The van der Waals surface area contributed by atoms with Crippen LogP contribution in [0.25, 0.3) is 27.9 Å². The topological polar surface area (TPSA) is 149 Å². The fourth-order valence-electron chi connectivity index (χ4n) is 6.32. The maximum atomic E-state index is 14.5. The number of nitrogens with zero attached hydrogens (tertiary/aromatic N) is 2. The van der Waals surface area contributed by atoms with Gasteiger partial charge >= 0.3 is 11.9 Å². The summed E-state index contributed by atoms with van der Waals surface area (Å²) in [5.74, 6) is -3.76. The molecule has 1 aliphatic rings. The molecule has 0 saturated heterocycles. The first-order chi connectivity index (χ1) is 23.7. The highest BCUT2D eigenvalue weighted by Crippen LogP contribution is 2.38. The first-order valence-electron chi connectivity index (χ1n) is 15.9. The molecule has 0 saturated carbocycles. The van der Waals surface area contributed by atoms with E-state index in [1.54, 1.807) is 11.0 Å². The summed E-state index contributed by atoms with van der Waals surface area (Å²) in [6.07, 6.45) is 1.80. The van der Waals surface area contributed by atoms with Crippen LogP contribution in [0.15, 0.2) is 95.4 Å². The third kappa shape index (κ3) is 7.42. The Labute approximate surface area is 282 Å². The Morgan fingerprint density at radius 2 is 1.69 bits per heavy atom. The molecule has 2 N–H and O–H groups in total. The molecule has 0 aliphatic carbocycles. The number of methoxy groups -OCH3 is 1. The minimum Gasteiger partial charge on any atom is -0.481 e. The second-order valence-corrected chi connectivity index (χ2v) is 12.0. The summed E-state index contributed by atoms with van der Waals surface area (Å²) in [4.78, 5) is 44.6. The minimum atomic E-state index is -1.61. The van der Waals surface area contributed by atoms with Crippen molar-refractivity contribution in [2.75, 3.05) is 13.9 Å². The Morgan fingerprint density at radius 1 is 0.939 bits per heavy atom. The van der Waals surface area contributed by atoms with E-state index in [2.05, 4.69) is 4.98 Å². The molecule has 11 nitrogen and oxygen atoms in total. The van der Waals surface area contributed by atoms with E-state index in [1.165, 1.54) is 7.11 Å². The van der Waals surface area contributed by atoms with Crippen LogP contribution < -0.4 is 9.47 Å². The minimum absolute atomic E-state index is 0.0961. The van der Waals surface area contributed by atoms with Gasteiger partial charge in [0.05, 0.1) is 6.42 Å². The third-order valence-corrected chi connectivity index (χ3v) is 8.88. The fraction of sp³-hybridized carbons (Fsp3) is 0.263. The van der Waals surface area contributed by atoms with E-state index in [0.29, 0.717) is 29.4 Å². The van der Waals surface area contributed by atoms with Gasteiger partial charge in [-0.1, -0.05) is 60.7 Å². The van der Waals surface area contributed by atoms with Crippen LogP contribution in [-0.2, 0) is 25.7 Å². The number of hydrogen-bond acceptors (Lipinski definition) is 8. The van der Waals surface area contributed by atoms with Crippen LogP contribution in [0.4, 0.5) is 0 Å². The molecule has 0 spiro atoms. The number of amides is 1. The Bertz CT molecular complexity index is 1990. The number of ether oxygens (including phenoxy) is 3. The number of para-hydroxylation sites is 2. The van der Waals surface area contributed by atoms with E-state index in [-0.39, 0.29) is 19.3 Å². The molecule has 0 radical (unpaired) electrons. The van der Waals surface area contributed by atoms with Crippen LogP contribution in [-0.4, -0.2) is 64.0 Å². The molecular weight excluding hydrogens is 628 g/mol. The van der Waals surface area contributed by atoms with Crippen LogP contribution in [0.1, 0.15) is 42.7 Å². The average Bonchev–Trinajstić information content (AvgIpc) is 3.75. The Balaban J connectivity index is 1.39. The number of hydrogen-bond donors (Lipinski definition) is 2. The highest BCUT2D eigenvalue weighted by atomic mass is 16.7. The number of carbonyl (C=O) groups is 3. The van der Waals surface area contributed by atoms with Crippen molar-refractivity contribution in [2.24, 2.45) is 5.92 Å². The number of carboxylic acids is 2. The number of oxazole rings is 1. The maximum Gasteiger partial charge on any atom is 0.310 e. The SMILES string of the molecule is COC(C(=O)N(Cc1ccc2ccccc2c1)C(C)C(C/C=C/c1nc2ccccc2o1)c1ccc2c(c1)OCO2)C(CC(=O)O)C(=O)O. The molecule has 5 aromatic rings. The smallest absolute Gasteiger partial charge is 0.310 e. The molecule has 0 fully saturated rings. The van der Waals surface area contributed by atoms with Gasteiger partial charge in [-0.05, 0) is 71.7 Å². The predicted molar refractivity (Wildman–Crippen MR) is 181 cm³/mol. The summed E-state index contributed by atoms with van der Waals surface area (Å²) in [6, 6.07) is 26.3. The quantitative estimate of drug-likeness (QED) is 0.135. The molecular formula is C38H36N2O9. The molecule has 11 heteroatoms. The monoisotopic (exact) mass is 664 g/mol. The van der Waals surface area contributed by atoms with Crippen molar-refractivity contribution in [3.63, 3.8) is 0 Å². The maximum absolute atomic E-state index is 14.5. The van der Waals surface area contributed by atoms with E-state index in [9.17, 15) is 24.6 Å². The summed E-state index contributed by atoms with van der Waals surface area (Å²) in [7, 11) is 1.22. The zero-order valence-corrected chi connectivity index (χ0v) is 27.0. The number of aromatic nitrogens is 1. The van der Waals surface area contributed by atoms with Gasteiger partial charge in [-0.25, -0.2) is 4.98 Å². The van der Waals surface area contributed by atoms with Crippen molar-refractivity contribution in [3.8, 4) is 11.5 Å². The Morgan fingerprint density at radius 3 is 2.45 bits per heavy atom. The molecule has 1 amide bonds. The van der Waals surface area contributed by atoms with Crippen LogP contribution in [0, 0.1) is 5.92 Å². The number of aliphatic carboxylic acids is 2. The zero-order valence-electron chi connectivity index (χ0n) is 27.0. The van der Waals surface area contributed by atoms with Gasteiger partial charge in [0, 0.05) is 25.6 Å². The summed E-state index contributed by atoms with van der Waals surface area (Å²) in [5, 5.41) is 21.5. The molecule has 1 aromatic heterocycles. The summed E-state index contributed by atoms with van der Waals surface area (Å²) in [6.45, 7) is 2.10. The van der Waals surface area contributed by atoms with Gasteiger partial charge in [0.25, 0.3) is 5.91 Å². The standard InChI is InChI=1S/C38H36N2O9/c1-23(28(27-16-17-32-33(19-27)48-22-47-32)10-7-13-34-39-30-11-5-6-12-31(30)49-34)40(21-24-14-15-25-8-3-4-9-26(25)18-24)37(43)36(46-2)29(38(44)45)20-35(41)42/h3-9,11-19,23,28-29,36H,10,20-22H2,1-2H3,(H,41,42)(H,44,45)/b13-7+. The van der Waals surface area contributed by atoms with Crippen molar-refractivity contribution in [1.82, 2.24) is 9.88 Å². The van der Waals surface area contributed by atoms with E-state index in [1.807, 2.05) is 97.9 Å². The van der Waals surface area contributed by atoms with E-state index in [0.717, 1.165) is 27.4 Å². The van der Waals surface area contributed by atoms with Gasteiger partial charge in [-0.2, -0.15) is 0 Å². The number of carboxylic acid groups (broad SMARTS) is 2. The van der Waals surface area contributed by atoms with E-state index < -0.39 is 42.3 Å². The molecule has 252 valence electrons. The van der Waals surface area contributed by atoms with E-state index in [4.69, 9.17) is 18.6 Å². The van der Waals surface area contributed by atoms with Gasteiger partial charge in [0.2, 0.25) is 12.7 Å². The highest BCUT2D eigenvalue weighted by molar-refractivity contribution is 5.89. The lowest BCUT2D eigenvalue weighted by molar-refractivity contribution is -0.162. The average molecular weight is 665 g/mol. The molecule has 4 atom stereocenters. The number of benzene rings is 4. The van der Waals surface area contributed by atoms with Gasteiger partial charge in [0.15, 0.2) is 17.1 Å². The van der Waals surface area contributed by atoms with Crippen LogP contribution in [0.3, 0.4) is 0 Å². The highest BCUT2D eigenvalue weighted by Gasteiger charge is 2.40. The van der Waals surface area contributed by atoms with Crippen molar-refractivity contribution < 1.29 is 43.2 Å². The number of carbonyl (C=O) groups excluding carboxylic acids is 1. The van der Waals surface area contributed by atoms with Crippen LogP contribution in [0.2, 0.25) is 0 Å². The van der Waals surface area contributed by atoms with Crippen molar-refractivity contribution >= 4 is 45.8 Å². The van der Waals surface area contributed by atoms with Crippen LogP contribution >= 0.6 is 0 Å². The zero-order chi connectivity index (χ0) is 34.5. The number of fused-ring (bicyclic) bond motifs is 3. The number of rotatable bonds is 14. The molecule has 4 unspecified atom stereocenters. The largest absolute Gasteiger partial charge is 0.481 e. The van der Waals surface area contributed by atoms with Crippen molar-refractivity contribution in [3.05, 3.63) is 108 Å². The molecule has 49 heavy (non-hydrogen) atoms. The number of allylic oxidation sites excluding steroid dienone is 1. The van der Waals surface area contributed by atoms with Crippen molar-refractivity contribution in [1.29, 1.82) is 0 Å². The van der Waals surface area contributed by atoms with E-state index >= 15 is 0 Å². The fourth-order valence-corrected chi connectivity index (χ4v) is 6.32. The summed E-state index contributed by atoms with van der Waals surface area (Å²) in [5.41, 5.74) is 3.06.